The third-order valence-corrected chi connectivity index (χ3v) is 3.79. The maximum absolute atomic E-state index is 11.9. The normalized spacial score (nSPS) is 15.9. The minimum Gasteiger partial charge on any atom is -0.496 e. The van der Waals surface area contributed by atoms with E-state index in [9.17, 15) is 9.90 Å². The molecule has 0 radical (unpaired) electrons. The monoisotopic (exact) mass is 263 g/mol. The molecule has 4 heteroatoms. The van der Waals surface area contributed by atoms with Crippen LogP contribution in [0.25, 0.3) is 0 Å². The van der Waals surface area contributed by atoms with Crippen LogP contribution in [0.15, 0.2) is 18.2 Å². The van der Waals surface area contributed by atoms with Crippen molar-refractivity contribution in [2.75, 3.05) is 20.3 Å². The predicted octanol–water partition coefficient (Wildman–Crippen LogP) is 1.43. The maximum atomic E-state index is 11.9. The lowest BCUT2D eigenvalue weighted by atomic mass is 10.1. The molecule has 0 aliphatic heterocycles. The average molecular weight is 263 g/mol. The van der Waals surface area contributed by atoms with Crippen molar-refractivity contribution in [3.63, 3.8) is 0 Å². The Morgan fingerprint density at radius 2 is 2.21 bits per heavy atom. The highest BCUT2D eigenvalue weighted by Gasteiger charge is 2.41. The highest BCUT2D eigenvalue weighted by atomic mass is 16.5. The van der Waals surface area contributed by atoms with Gasteiger partial charge in [-0.2, -0.15) is 0 Å². The molecule has 0 heterocycles. The molecule has 1 fully saturated rings. The molecular formula is C15H21NO3. The van der Waals surface area contributed by atoms with Gasteiger partial charge in [0.05, 0.1) is 20.1 Å². The molecule has 1 aliphatic rings. The first-order valence-corrected chi connectivity index (χ1v) is 6.60. The zero-order valence-electron chi connectivity index (χ0n) is 11.5. The van der Waals surface area contributed by atoms with Gasteiger partial charge in [-0.05, 0) is 37.0 Å². The van der Waals surface area contributed by atoms with Crippen LogP contribution in [-0.2, 0) is 11.2 Å². The van der Waals surface area contributed by atoms with E-state index in [1.807, 2.05) is 25.1 Å². The van der Waals surface area contributed by atoms with Gasteiger partial charge in [0.2, 0.25) is 5.91 Å². The summed E-state index contributed by atoms with van der Waals surface area (Å²) in [6, 6.07) is 5.79. The van der Waals surface area contributed by atoms with Gasteiger partial charge in [0.25, 0.3) is 0 Å². The van der Waals surface area contributed by atoms with Gasteiger partial charge < -0.3 is 15.2 Å². The highest BCUT2D eigenvalue weighted by molar-refractivity contribution is 5.78. The van der Waals surface area contributed by atoms with Crippen LogP contribution in [0, 0.1) is 12.3 Å². The van der Waals surface area contributed by atoms with E-state index in [1.54, 1.807) is 7.11 Å². The lowest BCUT2D eigenvalue weighted by Gasteiger charge is -2.13. The number of carbonyl (C=O) groups is 1. The molecule has 1 aromatic rings. The smallest absolute Gasteiger partial charge is 0.224 e. The van der Waals surface area contributed by atoms with Gasteiger partial charge in [-0.1, -0.05) is 12.1 Å². The van der Waals surface area contributed by atoms with Crippen molar-refractivity contribution in [2.24, 2.45) is 5.41 Å². The minimum absolute atomic E-state index is 0.00867. The highest BCUT2D eigenvalue weighted by Crippen LogP contribution is 2.44. The van der Waals surface area contributed by atoms with Crippen LogP contribution in [0.4, 0.5) is 0 Å². The maximum Gasteiger partial charge on any atom is 0.224 e. The summed E-state index contributed by atoms with van der Waals surface area (Å²) in [5.41, 5.74) is 1.96. The predicted molar refractivity (Wildman–Crippen MR) is 73.2 cm³/mol. The zero-order chi connectivity index (χ0) is 13.9. The van der Waals surface area contributed by atoms with E-state index < -0.39 is 0 Å². The van der Waals surface area contributed by atoms with Gasteiger partial charge in [0.1, 0.15) is 5.75 Å². The Morgan fingerprint density at radius 1 is 1.47 bits per heavy atom. The summed E-state index contributed by atoms with van der Waals surface area (Å²) < 4.78 is 5.24. The Hall–Kier alpha value is -1.55. The van der Waals surface area contributed by atoms with Crippen LogP contribution in [0.2, 0.25) is 0 Å². The Morgan fingerprint density at radius 3 is 2.79 bits per heavy atom. The fourth-order valence-electron chi connectivity index (χ4n) is 2.08. The average Bonchev–Trinajstić information content (AvgIpc) is 3.19. The molecule has 0 saturated heterocycles. The van der Waals surface area contributed by atoms with E-state index in [-0.39, 0.29) is 17.9 Å². The SMILES string of the molecule is COc1cc(CC(=O)NCC2(CO)CC2)ccc1C. The van der Waals surface area contributed by atoms with Gasteiger partial charge in [0, 0.05) is 12.0 Å². The van der Waals surface area contributed by atoms with Gasteiger partial charge in [-0.15, -0.1) is 0 Å². The third-order valence-electron chi connectivity index (χ3n) is 3.79. The number of aryl methyl sites for hydroxylation is 1. The number of benzene rings is 1. The molecule has 1 aromatic carbocycles. The second kappa shape index (κ2) is 5.61. The summed E-state index contributed by atoms with van der Waals surface area (Å²) in [7, 11) is 1.63. The molecule has 0 unspecified atom stereocenters. The van der Waals surface area contributed by atoms with E-state index in [1.165, 1.54) is 0 Å². The van der Waals surface area contributed by atoms with Gasteiger partial charge in [-0.25, -0.2) is 0 Å². The van der Waals surface area contributed by atoms with Crippen LogP contribution in [-0.4, -0.2) is 31.3 Å². The van der Waals surface area contributed by atoms with Crippen molar-refractivity contribution in [3.8, 4) is 5.75 Å². The number of carbonyl (C=O) groups excluding carboxylic acids is 1. The van der Waals surface area contributed by atoms with Crippen molar-refractivity contribution in [2.45, 2.75) is 26.2 Å². The first kappa shape index (κ1) is 13.9. The minimum atomic E-state index is -0.0410. The first-order valence-electron chi connectivity index (χ1n) is 6.60. The summed E-state index contributed by atoms with van der Waals surface area (Å²) in [5, 5.41) is 12.1. The van der Waals surface area contributed by atoms with Crippen LogP contribution in [0.1, 0.15) is 24.0 Å². The number of hydrogen-bond acceptors (Lipinski definition) is 3. The van der Waals surface area contributed by atoms with Crippen molar-refractivity contribution in [1.82, 2.24) is 5.32 Å². The fourth-order valence-corrected chi connectivity index (χ4v) is 2.08. The zero-order valence-corrected chi connectivity index (χ0v) is 11.5. The van der Waals surface area contributed by atoms with Crippen LogP contribution < -0.4 is 10.1 Å². The summed E-state index contributed by atoms with van der Waals surface area (Å²) in [6.07, 6.45) is 2.35. The number of ether oxygens (including phenoxy) is 1. The fraction of sp³-hybridized carbons (Fsp3) is 0.533. The summed E-state index contributed by atoms with van der Waals surface area (Å²) in [6.45, 7) is 2.71. The van der Waals surface area contributed by atoms with Crippen LogP contribution >= 0.6 is 0 Å². The molecule has 1 aliphatic carbocycles. The molecule has 104 valence electrons. The number of amides is 1. The largest absolute Gasteiger partial charge is 0.496 e. The van der Waals surface area contributed by atoms with Gasteiger partial charge in [-0.3, -0.25) is 4.79 Å². The lowest BCUT2D eigenvalue weighted by Crippen LogP contribution is -2.32. The Bertz CT molecular complexity index is 466. The topological polar surface area (TPSA) is 58.6 Å². The summed E-state index contributed by atoms with van der Waals surface area (Å²) in [4.78, 5) is 11.9. The van der Waals surface area contributed by atoms with Crippen molar-refractivity contribution >= 4 is 5.91 Å². The summed E-state index contributed by atoms with van der Waals surface area (Å²) in [5.74, 6) is 0.796. The summed E-state index contributed by atoms with van der Waals surface area (Å²) >= 11 is 0. The Balaban J connectivity index is 1.88. The quantitative estimate of drug-likeness (QED) is 0.816. The lowest BCUT2D eigenvalue weighted by molar-refractivity contribution is -0.120. The number of rotatable bonds is 6. The standard InChI is InChI=1S/C15H21NO3/c1-11-3-4-12(7-13(11)19-2)8-14(18)16-9-15(10-17)5-6-15/h3-4,7,17H,5-6,8-10H2,1-2H3,(H,16,18). The second-order valence-corrected chi connectivity index (χ2v) is 5.42. The molecule has 4 nitrogen and oxygen atoms in total. The first-order chi connectivity index (χ1) is 9.08. The second-order valence-electron chi connectivity index (χ2n) is 5.42. The van der Waals surface area contributed by atoms with E-state index in [0.717, 1.165) is 29.7 Å². The number of aliphatic hydroxyl groups is 1. The van der Waals surface area contributed by atoms with Crippen LogP contribution in [0.3, 0.4) is 0 Å². The van der Waals surface area contributed by atoms with E-state index in [4.69, 9.17) is 4.74 Å². The molecule has 1 saturated carbocycles. The number of nitrogens with one attached hydrogen (secondary N) is 1. The van der Waals surface area contributed by atoms with Gasteiger partial charge >= 0.3 is 0 Å². The van der Waals surface area contributed by atoms with Crippen molar-refractivity contribution < 1.29 is 14.6 Å². The van der Waals surface area contributed by atoms with E-state index >= 15 is 0 Å². The number of hydrogen-bond donors (Lipinski definition) is 2. The van der Waals surface area contributed by atoms with Crippen LogP contribution in [0.5, 0.6) is 5.75 Å². The molecule has 1 amide bonds. The molecule has 0 bridgehead atoms. The molecule has 2 N–H and O–H groups in total. The molecule has 0 aromatic heterocycles. The van der Waals surface area contributed by atoms with Crippen molar-refractivity contribution in [1.29, 1.82) is 0 Å². The molecule has 0 atom stereocenters. The Labute approximate surface area is 113 Å². The van der Waals surface area contributed by atoms with Gasteiger partial charge in [0.15, 0.2) is 0 Å². The molecule has 19 heavy (non-hydrogen) atoms. The van der Waals surface area contributed by atoms with E-state index in [0.29, 0.717) is 13.0 Å². The number of aliphatic hydroxyl groups excluding tert-OH is 1. The van der Waals surface area contributed by atoms with E-state index in [2.05, 4.69) is 5.32 Å². The molecule has 2 rings (SSSR count). The Kier molecular flexibility index (Phi) is 4.10. The van der Waals surface area contributed by atoms with Crippen molar-refractivity contribution in [3.05, 3.63) is 29.3 Å². The third kappa shape index (κ3) is 3.47. The number of methoxy groups -OCH3 is 1. The molecule has 0 spiro atoms. The molecular weight excluding hydrogens is 242 g/mol.